The first-order chi connectivity index (χ1) is 10.6. The van der Waals surface area contributed by atoms with Crippen LogP contribution in [0.4, 0.5) is 0 Å². The number of nitrogens with zero attached hydrogens (tertiary/aromatic N) is 1. The summed E-state index contributed by atoms with van der Waals surface area (Å²) in [7, 11) is 1.63. The van der Waals surface area contributed by atoms with E-state index < -0.39 is 0 Å². The molecule has 2 heterocycles. The van der Waals surface area contributed by atoms with Gasteiger partial charge in [-0.1, -0.05) is 6.92 Å². The highest BCUT2D eigenvalue weighted by Gasteiger charge is 2.33. The van der Waals surface area contributed by atoms with E-state index in [0.717, 1.165) is 32.2 Å². The second-order valence-electron chi connectivity index (χ2n) is 5.95. The third-order valence-corrected chi connectivity index (χ3v) is 4.37. The number of methoxy groups -OCH3 is 1. The first-order valence-corrected chi connectivity index (χ1v) is 8.10. The molecule has 0 aromatic carbocycles. The van der Waals surface area contributed by atoms with Crippen LogP contribution in [0, 0.1) is 5.92 Å². The summed E-state index contributed by atoms with van der Waals surface area (Å²) in [4.78, 5) is 29.5. The maximum Gasteiger partial charge on any atom is 0.265 e. The monoisotopic (exact) mass is 313 g/mol. The fourth-order valence-corrected chi connectivity index (χ4v) is 3.06. The average Bonchev–Trinajstić information content (AvgIpc) is 3.07. The van der Waals surface area contributed by atoms with E-state index in [-0.39, 0.29) is 36.4 Å². The number of amides is 2. The molecule has 2 aliphatic rings. The standard InChI is InChI=1S/C15H27N3O4/c1-11(14(21-2)12-6-5-7-16-12)15(20)17-10-13(19)18-8-3-4-9-22-18/h11-12,14,16H,3-10H2,1-2H3,(H,17,20). The van der Waals surface area contributed by atoms with Crippen LogP contribution in [0.25, 0.3) is 0 Å². The number of ether oxygens (including phenoxy) is 1. The molecular weight excluding hydrogens is 286 g/mol. The second kappa shape index (κ2) is 8.45. The summed E-state index contributed by atoms with van der Waals surface area (Å²) in [5, 5.41) is 7.41. The molecule has 126 valence electrons. The van der Waals surface area contributed by atoms with Crippen molar-refractivity contribution in [2.45, 2.75) is 44.8 Å². The summed E-state index contributed by atoms with van der Waals surface area (Å²) in [6, 6.07) is 0.201. The zero-order valence-corrected chi connectivity index (χ0v) is 13.5. The lowest BCUT2D eigenvalue weighted by Gasteiger charge is -2.28. The van der Waals surface area contributed by atoms with Gasteiger partial charge in [0.05, 0.1) is 25.2 Å². The van der Waals surface area contributed by atoms with Crippen LogP contribution in [-0.4, -0.2) is 62.4 Å². The molecule has 7 nitrogen and oxygen atoms in total. The Balaban J connectivity index is 1.78. The van der Waals surface area contributed by atoms with E-state index in [1.165, 1.54) is 5.06 Å². The highest BCUT2D eigenvalue weighted by Crippen LogP contribution is 2.18. The molecule has 0 aromatic rings. The van der Waals surface area contributed by atoms with Gasteiger partial charge >= 0.3 is 0 Å². The molecule has 3 atom stereocenters. The lowest BCUT2D eigenvalue weighted by atomic mass is 9.95. The summed E-state index contributed by atoms with van der Waals surface area (Å²) < 4.78 is 5.50. The zero-order valence-electron chi connectivity index (χ0n) is 13.5. The van der Waals surface area contributed by atoms with Gasteiger partial charge in [-0.25, -0.2) is 5.06 Å². The predicted molar refractivity (Wildman–Crippen MR) is 80.9 cm³/mol. The number of hydrogen-bond acceptors (Lipinski definition) is 5. The average molecular weight is 313 g/mol. The minimum absolute atomic E-state index is 0.0301. The molecular formula is C15H27N3O4. The maximum absolute atomic E-state index is 12.3. The van der Waals surface area contributed by atoms with E-state index in [9.17, 15) is 9.59 Å². The first-order valence-electron chi connectivity index (χ1n) is 8.10. The van der Waals surface area contributed by atoms with Crippen LogP contribution in [0.1, 0.15) is 32.6 Å². The second-order valence-corrected chi connectivity index (χ2v) is 5.95. The Morgan fingerprint density at radius 2 is 2.23 bits per heavy atom. The summed E-state index contributed by atoms with van der Waals surface area (Å²) in [5.41, 5.74) is 0. The number of hydroxylamine groups is 2. The van der Waals surface area contributed by atoms with Crippen molar-refractivity contribution in [2.24, 2.45) is 5.92 Å². The summed E-state index contributed by atoms with van der Waals surface area (Å²) in [6.45, 7) is 3.93. The van der Waals surface area contributed by atoms with Crippen molar-refractivity contribution < 1.29 is 19.2 Å². The molecule has 2 amide bonds. The smallest absolute Gasteiger partial charge is 0.265 e. The lowest BCUT2D eigenvalue weighted by Crippen LogP contribution is -2.48. The SMILES string of the molecule is COC(C1CCCN1)C(C)C(=O)NCC(=O)N1CCCCO1. The van der Waals surface area contributed by atoms with Crippen molar-refractivity contribution in [3.63, 3.8) is 0 Å². The van der Waals surface area contributed by atoms with Crippen LogP contribution in [0.15, 0.2) is 0 Å². The minimum Gasteiger partial charge on any atom is -0.379 e. The van der Waals surface area contributed by atoms with Crippen molar-refractivity contribution >= 4 is 11.8 Å². The molecule has 2 rings (SSSR count). The van der Waals surface area contributed by atoms with Crippen LogP contribution in [0.2, 0.25) is 0 Å². The molecule has 0 radical (unpaired) electrons. The Hall–Kier alpha value is -1.18. The number of carbonyl (C=O) groups is 2. The van der Waals surface area contributed by atoms with Gasteiger partial charge < -0.3 is 15.4 Å². The number of carbonyl (C=O) groups excluding carboxylic acids is 2. The van der Waals surface area contributed by atoms with Gasteiger partial charge in [0.15, 0.2) is 0 Å². The van der Waals surface area contributed by atoms with Crippen molar-refractivity contribution in [1.29, 1.82) is 0 Å². The first kappa shape index (κ1) is 17.2. The van der Waals surface area contributed by atoms with E-state index in [1.807, 2.05) is 6.92 Å². The molecule has 3 unspecified atom stereocenters. The van der Waals surface area contributed by atoms with Crippen LogP contribution >= 0.6 is 0 Å². The highest BCUT2D eigenvalue weighted by atomic mass is 16.7. The molecule has 2 saturated heterocycles. The fourth-order valence-electron chi connectivity index (χ4n) is 3.06. The van der Waals surface area contributed by atoms with E-state index >= 15 is 0 Å². The number of nitrogens with one attached hydrogen (secondary N) is 2. The highest BCUT2D eigenvalue weighted by molar-refractivity contribution is 5.85. The van der Waals surface area contributed by atoms with Gasteiger partial charge in [-0.15, -0.1) is 0 Å². The zero-order chi connectivity index (χ0) is 15.9. The quantitative estimate of drug-likeness (QED) is 0.725. The predicted octanol–water partition coefficient (Wildman–Crippen LogP) is 0.0597. The van der Waals surface area contributed by atoms with E-state index in [0.29, 0.717) is 13.2 Å². The third-order valence-electron chi connectivity index (χ3n) is 4.37. The Morgan fingerprint density at radius 3 is 2.82 bits per heavy atom. The van der Waals surface area contributed by atoms with Crippen molar-refractivity contribution in [1.82, 2.24) is 15.7 Å². The number of hydrogen-bond donors (Lipinski definition) is 2. The molecule has 22 heavy (non-hydrogen) atoms. The van der Waals surface area contributed by atoms with Gasteiger partial charge in [-0.3, -0.25) is 14.4 Å². The van der Waals surface area contributed by atoms with Crippen molar-refractivity contribution in [2.75, 3.05) is 33.4 Å². The molecule has 2 aliphatic heterocycles. The topological polar surface area (TPSA) is 79.9 Å². The third kappa shape index (κ3) is 4.41. The Morgan fingerprint density at radius 1 is 1.41 bits per heavy atom. The van der Waals surface area contributed by atoms with Crippen LogP contribution < -0.4 is 10.6 Å². The molecule has 0 spiro atoms. The van der Waals surface area contributed by atoms with Gasteiger partial charge in [0.1, 0.15) is 0 Å². The van der Waals surface area contributed by atoms with Gasteiger partial charge in [0, 0.05) is 19.7 Å². The molecule has 0 bridgehead atoms. The number of rotatable bonds is 6. The Labute approximate surface area is 131 Å². The van der Waals surface area contributed by atoms with Gasteiger partial charge in [0.2, 0.25) is 5.91 Å². The molecule has 2 N–H and O–H groups in total. The molecule has 0 aromatic heterocycles. The Kier molecular flexibility index (Phi) is 6.60. The van der Waals surface area contributed by atoms with Crippen molar-refractivity contribution in [3.8, 4) is 0 Å². The van der Waals surface area contributed by atoms with E-state index in [1.54, 1.807) is 7.11 Å². The fraction of sp³-hybridized carbons (Fsp3) is 0.867. The van der Waals surface area contributed by atoms with Crippen LogP contribution in [0.5, 0.6) is 0 Å². The molecule has 2 fully saturated rings. The summed E-state index contributed by atoms with van der Waals surface area (Å²) in [5.74, 6) is -0.671. The molecule has 0 saturated carbocycles. The lowest BCUT2D eigenvalue weighted by molar-refractivity contribution is -0.196. The van der Waals surface area contributed by atoms with Gasteiger partial charge in [-0.2, -0.15) is 0 Å². The summed E-state index contributed by atoms with van der Waals surface area (Å²) >= 11 is 0. The summed E-state index contributed by atoms with van der Waals surface area (Å²) in [6.07, 6.45) is 3.84. The van der Waals surface area contributed by atoms with Crippen molar-refractivity contribution in [3.05, 3.63) is 0 Å². The normalized spacial score (nSPS) is 24.8. The molecule has 7 heteroatoms. The Bertz CT molecular complexity index is 379. The van der Waals surface area contributed by atoms with Crippen LogP contribution in [0.3, 0.4) is 0 Å². The minimum atomic E-state index is -0.310. The molecule has 0 aliphatic carbocycles. The van der Waals surface area contributed by atoms with Gasteiger partial charge in [-0.05, 0) is 32.2 Å². The van der Waals surface area contributed by atoms with E-state index in [2.05, 4.69) is 10.6 Å². The maximum atomic E-state index is 12.3. The van der Waals surface area contributed by atoms with Crippen LogP contribution in [-0.2, 0) is 19.2 Å². The van der Waals surface area contributed by atoms with E-state index in [4.69, 9.17) is 9.57 Å². The van der Waals surface area contributed by atoms with Gasteiger partial charge in [0.25, 0.3) is 5.91 Å². The largest absolute Gasteiger partial charge is 0.379 e.